The van der Waals surface area contributed by atoms with Gasteiger partial charge in [0.25, 0.3) is 0 Å². The van der Waals surface area contributed by atoms with Crippen molar-refractivity contribution in [3.8, 4) is 0 Å². The zero-order valence-electron chi connectivity index (χ0n) is 10.1. The van der Waals surface area contributed by atoms with Crippen LogP contribution in [0.5, 0.6) is 0 Å². The molecule has 6 heteroatoms. The van der Waals surface area contributed by atoms with Gasteiger partial charge in [0.2, 0.25) is 0 Å². The number of anilines is 1. The Morgan fingerprint density at radius 1 is 1.00 bits per heavy atom. The molecule has 0 fully saturated rings. The van der Waals surface area contributed by atoms with Gasteiger partial charge in [-0.15, -0.1) is 0 Å². The summed E-state index contributed by atoms with van der Waals surface area (Å²) in [6, 6.07) is 11.1. The summed E-state index contributed by atoms with van der Waals surface area (Å²) < 4.78 is 39.5. The average Bonchev–Trinajstić information content (AvgIpc) is 2.36. The van der Waals surface area contributed by atoms with E-state index in [1.165, 1.54) is 6.07 Å². The quantitative estimate of drug-likeness (QED) is 0.672. The molecule has 106 valence electrons. The van der Waals surface area contributed by atoms with E-state index in [4.69, 9.17) is 0 Å². The Morgan fingerprint density at radius 2 is 1.75 bits per heavy atom. The Kier molecular flexibility index (Phi) is 4.75. The molecule has 0 aliphatic heterocycles. The maximum Gasteiger partial charge on any atom is 0.416 e. The molecule has 1 N–H and O–H groups in total. The van der Waals surface area contributed by atoms with Gasteiger partial charge in [0.05, 0.1) is 5.56 Å². The van der Waals surface area contributed by atoms with E-state index in [9.17, 15) is 13.2 Å². The number of halogens is 5. The first kappa shape index (κ1) is 15.4. The first-order chi connectivity index (χ1) is 9.36. The molecule has 0 aliphatic rings. The molecule has 0 heterocycles. The molecular formula is C14H10Br2F3N. The molecule has 0 radical (unpaired) electrons. The van der Waals surface area contributed by atoms with Gasteiger partial charge in [0.15, 0.2) is 0 Å². The molecule has 0 spiro atoms. The van der Waals surface area contributed by atoms with Crippen molar-refractivity contribution < 1.29 is 13.2 Å². The second kappa shape index (κ2) is 6.18. The van der Waals surface area contributed by atoms with Crippen molar-refractivity contribution in [1.29, 1.82) is 0 Å². The van der Waals surface area contributed by atoms with E-state index < -0.39 is 11.7 Å². The summed E-state index contributed by atoms with van der Waals surface area (Å²) >= 11 is 6.60. The molecule has 0 saturated heterocycles. The highest BCUT2D eigenvalue weighted by atomic mass is 79.9. The van der Waals surface area contributed by atoms with Gasteiger partial charge in [-0.25, -0.2) is 0 Å². The molecule has 2 rings (SSSR count). The van der Waals surface area contributed by atoms with E-state index in [0.29, 0.717) is 16.7 Å². The first-order valence-corrected chi connectivity index (χ1v) is 7.30. The van der Waals surface area contributed by atoms with Crippen molar-refractivity contribution in [1.82, 2.24) is 0 Å². The summed E-state index contributed by atoms with van der Waals surface area (Å²) in [6.45, 7) is 0.444. The zero-order chi connectivity index (χ0) is 14.8. The van der Waals surface area contributed by atoms with Gasteiger partial charge in [-0.1, -0.05) is 28.1 Å². The fraction of sp³-hybridized carbons (Fsp3) is 0.143. The van der Waals surface area contributed by atoms with Crippen LogP contribution in [0.1, 0.15) is 11.1 Å². The van der Waals surface area contributed by atoms with Gasteiger partial charge >= 0.3 is 6.18 Å². The molecule has 1 nitrogen and oxygen atoms in total. The predicted octanol–water partition coefficient (Wildman–Crippen LogP) is 5.84. The third-order valence-electron chi connectivity index (χ3n) is 2.67. The van der Waals surface area contributed by atoms with Crippen molar-refractivity contribution in [3.63, 3.8) is 0 Å². The largest absolute Gasteiger partial charge is 0.416 e. The van der Waals surface area contributed by atoms with Gasteiger partial charge in [0, 0.05) is 21.2 Å². The van der Waals surface area contributed by atoms with Crippen LogP contribution in [-0.4, -0.2) is 0 Å². The van der Waals surface area contributed by atoms with E-state index in [1.807, 2.05) is 24.3 Å². The Hall–Kier alpha value is -1.01. The van der Waals surface area contributed by atoms with Gasteiger partial charge in [-0.2, -0.15) is 13.2 Å². The van der Waals surface area contributed by atoms with Gasteiger partial charge in [0.1, 0.15) is 0 Å². The van der Waals surface area contributed by atoms with Crippen LogP contribution in [0.2, 0.25) is 0 Å². The number of nitrogens with one attached hydrogen (secondary N) is 1. The zero-order valence-corrected chi connectivity index (χ0v) is 13.3. The summed E-state index contributed by atoms with van der Waals surface area (Å²) in [7, 11) is 0. The number of rotatable bonds is 3. The molecule has 0 unspecified atom stereocenters. The molecule has 2 aromatic carbocycles. The van der Waals surface area contributed by atoms with Crippen LogP contribution in [0.25, 0.3) is 0 Å². The van der Waals surface area contributed by atoms with Crippen LogP contribution in [0.15, 0.2) is 51.4 Å². The SMILES string of the molecule is FC(F)(F)c1ccc(Br)c(NCc2cccc(Br)c2)c1. The number of hydrogen-bond donors (Lipinski definition) is 1. The summed E-state index contributed by atoms with van der Waals surface area (Å²) in [5.74, 6) is 0. The number of benzene rings is 2. The van der Waals surface area contributed by atoms with Crippen LogP contribution in [0, 0.1) is 0 Å². The molecule has 0 aliphatic carbocycles. The van der Waals surface area contributed by atoms with Gasteiger partial charge in [-0.05, 0) is 51.8 Å². The lowest BCUT2D eigenvalue weighted by atomic mass is 10.2. The summed E-state index contributed by atoms with van der Waals surface area (Å²) in [4.78, 5) is 0. The lowest BCUT2D eigenvalue weighted by Gasteiger charge is -2.12. The van der Waals surface area contributed by atoms with Crippen molar-refractivity contribution in [2.75, 3.05) is 5.32 Å². The molecule has 20 heavy (non-hydrogen) atoms. The van der Waals surface area contributed by atoms with Crippen LogP contribution in [0.4, 0.5) is 18.9 Å². The van der Waals surface area contributed by atoms with Crippen molar-refractivity contribution >= 4 is 37.5 Å². The standard InChI is InChI=1S/C14H10Br2F3N/c15-11-3-1-2-9(6-11)8-20-13-7-10(14(17,18)19)4-5-12(13)16/h1-7,20H,8H2. The molecule has 0 saturated carbocycles. The molecule has 0 bridgehead atoms. The minimum Gasteiger partial charge on any atom is -0.380 e. The Balaban J connectivity index is 2.17. The third kappa shape index (κ3) is 3.99. The number of hydrogen-bond acceptors (Lipinski definition) is 1. The van der Waals surface area contributed by atoms with E-state index in [2.05, 4.69) is 37.2 Å². The Morgan fingerprint density at radius 3 is 2.40 bits per heavy atom. The molecule has 2 aromatic rings. The average molecular weight is 409 g/mol. The van der Waals surface area contributed by atoms with E-state index in [0.717, 1.165) is 22.2 Å². The smallest absolute Gasteiger partial charge is 0.380 e. The van der Waals surface area contributed by atoms with Gasteiger partial charge < -0.3 is 5.32 Å². The highest BCUT2D eigenvalue weighted by molar-refractivity contribution is 9.10. The van der Waals surface area contributed by atoms with Crippen LogP contribution in [-0.2, 0) is 12.7 Å². The van der Waals surface area contributed by atoms with E-state index in [1.54, 1.807) is 0 Å². The molecular weight excluding hydrogens is 399 g/mol. The minimum atomic E-state index is -4.34. The maximum absolute atomic E-state index is 12.7. The molecule has 0 atom stereocenters. The van der Waals surface area contributed by atoms with E-state index in [-0.39, 0.29) is 0 Å². The lowest BCUT2D eigenvalue weighted by Crippen LogP contribution is -2.07. The van der Waals surface area contributed by atoms with Crippen molar-refractivity contribution in [2.45, 2.75) is 12.7 Å². The van der Waals surface area contributed by atoms with E-state index >= 15 is 0 Å². The topological polar surface area (TPSA) is 12.0 Å². The normalized spacial score (nSPS) is 11.4. The summed E-state index contributed by atoms with van der Waals surface area (Å²) in [6.07, 6.45) is -4.34. The fourth-order valence-electron chi connectivity index (χ4n) is 1.68. The fourth-order valence-corrected chi connectivity index (χ4v) is 2.51. The number of alkyl halides is 3. The van der Waals surface area contributed by atoms with Gasteiger partial charge in [-0.3, -0.25) is 0 Å². The predicted molar refractivity (Wildman–Crippen MR) is 80.6 cm³/mol. The maximum atomic E-state index is 12.7. The second-order valence-corrected chi connectivity index (χ2v) is 5.95. The summed E-state index contributed by atoms with van der Waals surface area (Å²) in [5.41, 5.74) is 0.723. The third-order valence-corrected chi connectivity index (χ3v) is 3.85. The highest BCUT2D eigenvalue weighted by Crippen LogP contribution is 2.34. The van der Waals surface area contributed by atoms with Crippen LogP contribution >= 0.6 is 31.9 Å². The van der Waals surface area contributed by atoms with Crippen molar-refractivity contribution in [2.24, 2.45) is 0 Å². The molecule has 0 amide bonds. The van der Waals surface area contributed by atoms with Crippen LogP contribution < -0.4 is 5.32 Å². The Labute approximate surface area is 131 Å². The summed E-state index contributed by atoms with van der Waals surface area (Å²) in [5, 5.41) is 3.00. The lowest BCUT2D eigenvalue weighted by molar-refractivity contribution is -0.137. The van der Waals surface area contributed by atoms with Crippen molar-refractivity contribution in [3.05, 3.63) is 62.5 Å². The second-order valence-electron chi connectivity index (χ2n) is 4.18. The highest BCUT2D eigenvalue weighted by Gasteiger charge is 2.30. The monoisotopic (exact) mass is 407 g/mol. The first-order valence-electron chi connectivity index (χ1n) is 5.71. The Bertz CT molecular complexity index is 612. The van der Waals surface area contributed by atoms with Crippen LogP contribution in [0.3, 0.4) is 0 Å². The molecule has 0 aromatic heterocycles. The minimum absolute atomic E-state index is 0.416.